The van der Waals surface area contributed by atoms with Gasteiger partial charge in [0, 0.05) is 18.0 Å². The number of benzene rings is 1. The third kappa shape index (κ3) is 3.94. The maximum absolute atomic E-state index is 9.92. The number of hydrogen-bond acceptors (Lipinski definition) is 4. The lowest BCUT2D eigenvalue weighted by Crippen LogP contribution is -2.22. The molecule has 1 unspecified atom stereocenters. The number of hydrogen-bond donors (Lipinski definition) is 1. The molecule has 0 aliphatic carbocycles. The van der Waals surface area contributed by atoms with Crippen LogP contribution in [-0.4, -0.2) is 32.6 Å². The highest BCUT2D eigenvalue weighted by Gasteiger charge is 2.11. The van der Waals surface area contributed by atoms with Crippen LogP contribution in [0.2, 0.25) is 5.02 Å². The van der Waals surface area contributed by atoms with E-state index in [0.29, 0.717) is 17.2 Å². The molecule has 6 heteroatoms. The van der Waals surface area contributed by atoms with E-state index in [0.717, 1.165) is 12.4 Å². The number of aliphatic hydroxyl groups excluding tert-OH is 1. The smallest absolute Gasteiger partial charge is 0.138 e. The highest BCUT2D eigenvalue weighted by atomic mass is 35.5. The largest absolute Gasteiger partial charge is 0.491 e. The van der Waals surface area contributed by atoms with Crippen molar-refractivity contribution in [3.8, 4) is 5.75 Å². The molecule has 0 saturated heterocycles. The molecule has 0 fully saturated rings. The average Bonchev–Trinajstić information content (AvgIpc) is 2.85. The van der Waals surface area contributed by atoms with Crippen LogP contribution in [0.5, 0.6) is 5.75 Å². The van der Waals surface area contributed by atoms with Gasteiger partial charge in [0.25, 0.3) is 0 Å². The third-order valence-corrected chi connectivity index (χ3v) is 2.92. The van der Waals surface area contributed by atoms with Gasteiger partial charge in [-0.3, -0.25) is 4.68 Å². The SMILES string of the molecule is CCn1ncnc1CC(O)COc1ccc(Cl)cc1. The number of nitrogens with zero attached hydrogens (tertiary/aromatic N) is 3. The van der Waals surface area contributed by atoms with Crippen molar-refractivity contribution in [3.63, 3.8) is 0 Å². The Morgan fingerprint density at radius 1 is 1.37 bits per heavy atom. The maximum atomic E-state index is 9.92. The normalized spacial score (nSPS) is 12.4. The summed E-state index contributed by atoms with van der Waals surface area (Å²) in [5.41, 5.74) is 0. The second-order valence-electron chi connectivity index (χ2n) is 4.11. The van der Waals surface area contributed by atoms with Crippen LogP contribution in [0, 0.1) is 0 Å². The Labute approximate surface area is 116 Å². The van der Waals surface area contributed by atoms with Crippen molar-refractivity contribution in [1.29, 1.82) is 0 Å². The van der Waals surface area contributed by atoms with Crippen LogP contribution in [-0.2, 0) is 13.0 Å². The summed E-state index contributed by atoms with van der Waals surface area (Å²) in [6.45, 7) is 2.92. The first-order valence-corrected chi connectivity index (χ1v) is 6.50. The van der Waals surface area contributed by atoms with Crippen molar-refractivity contribution in [3.05, 3.63) is 41.4 Å². The fraction of sp³-hybridized carbons (Fsp3) is 0.385. The summed E-state index contributed by atoms with van der Waals surface area (Å²) in [7, 11) is 0. The van der Waals surface area contributed by atoms with Crippen LogP contribution < -0.4 is 4.74 Å². The number of aromatic nitrogens is 3. The molecule has 0 aliphatic heterocycles. The van der Waals surface area contributed by atoms with Crippen molar-refractivity contribution in [2.75, 3.05) is 6.61 Å². The minimum atomic E-state index is -0.620. The van der Waals surface area contributed by atoms with E-state index < -0.39 is 6.10 Å². The Morgan fingerprint density at radius 3 is 2.79 bits per heavy atom. The summed E-state index contributed by atoms with van der Waals surface area (Å²) in [6.07, 6.45) is 1.29. The van der Waals surface area contributed by atoms with E-state index in [1.165, 1.54) is 6.33 Å². The first kappa shape index (κ1) is 13.8. The van der Waals surface area contributed by atoms with Crippen LogP contribution in [0.3, 0.4) is 0 Å². The van der Waals surface area contributed by atoms with Gasteiger partial charge in [-0.15, -0.1) is 0 Å². The zero-order valence-corrected chi connectivity index (χ0v) is 11.4. The van der Waals surface area contributed by atoms with Gasteiger partial charge in [-0.2, -0.15) is 5.10 Å². The van der Waals surface area contributed by atoms with Crippen LogP contribution >= 0.6 is 11.6 Å². The first-order chi connectivity index (χ1) is 9.19. The van der Waals surface area contributed by atoms with Gasteiger partial charge in [0.2, 0.25) is 0 Å². The predicted molar refractivity (Wildman–Crippen MR) is 72.4 cm³/mol. The Bertz CT molecular complexity index is 513. The van der Waals surface area contributed by atoms with E-state index in [2.05, 4.69) is 10.1 Å². The molecule has 2 rings (SSSR count). The molecule has 0 bridgehead atoms. The molecule has 1 heterocycles. The Hall–Kier alpha value is -1.59. The van der Waals surface area contributed by atoms with Gasteiger partial charge in [-0.25, -0.2) is 4.98 Å². The van der Waals surface area contributed by atoms with Gasteiger partial charge in [0.05, 0.1) is 6.10 Å². The predicted octanol–water partition coefficient (Wildman–Crippen LogP) is 1.93. The average molecular weight is 282 g/mol. The Kier molecular flexibility index (Phi) is 4.76. The van der Waals surface area contributed by atoms with Gasteiger partial charge < -0.3 is 9.84 Å². The number of halogens is 1. The third-order valence-electron chi connectivity index (χ3n) is 2.67. The maximum Gasteiger partial charge on any atom is 0.138 e. The molecule has 19 heavy (non-hydrogen) atoms. The van der Waals surface area contributed by atoms with Crippen LogP contribution in [0.15, 0.2) is 30.6 Å². The van der Waals surface area contributed by atoms with E-state index in [1.54, 1.807) is 28.9 Å². The van der Waals surface area contributed by atoms with Crippen molar-refractivity contribution in [1.82, 2.24) is 14.8 Å². The lowest BCUT2D eigenvalue weighted by molar-refractivity contribution is 0.105. The fourth-order valence-electron chi connectivity index (χ4n) is 1.70. The lowest BCUT2D eigenvalue weighted by Gasteiger charge is -2.12. The van der Waals surface area contributed by atoms with Gasteiger partial charge in [0.15, 0.2) is 0 Å². The molecule has 0 radical (unpaired) electrons. The van der Waals surface area contributed by atoms with Crippen molar-refractivity contribution >= 4 is 11.6 Å². The highest BCUT2D eigenvalue weighted by Crippen LogP contribution is 2.15. The first-order valence-electron chi connectivity index (χ1n) is 6.12. The number of rotatable bonds is 6. The summed E-state index contributed by atoms with van der Waals surface area (Å²) in [6, 6.07) is 7.03. The van der Waals surface area contributed by atoms with E-state index in [-0.39, 0.29) is 6.61 Å². The van der Waals surface area contributed by atoms with Gasteiger partial charge in [0.1, 0.15) is 24.5 Å². The minimum Gasteiger partial charge on any atom is -0.491 e. The Morgan fingerprint density at radius 2 is 2.11 bits per heavy atom. The summed E-state index contributed by atoms with van der Waals surface area (Å²) in [5, 5.41) is 14.6. The van der Waals surface area contributed by atoms with Crippen LogP contribution in [0.1, 0.15) is 12.7 Å². The topological polar surface area (TPSA) is 60.2 Å². The molecule has 0 aliphatic rings. The Balaban J connectivity index is 1.84. The molecule has 102 valence electrons. The molecular weight excluding hydrogens is 266 g/mol. The summed E-state index contributed by atoms with van der Waals surface area (Å²) >= 11 is 5.78. The molecule has 0 spiro atoms. The molecule has 1 atom stereocenters. The van der Waals surface area contributed by atoms with Crippen LogP contribution in [0.25, 0.3) is 0 Å². The summed E-state index contributed by atoms with van der Waals surface area (Å²) in [5.74, 6) is 1.44. The summed E-state index contributed by atoms with van der Waals surface area (Å²) in [4.78, 5) is 4.11. The quantitative estimate of drug-likeness (QED) is 0.879. The van der Waals surface area contributed by atoms with Crippen molar-refractivity contribution in [2.45, 2.75) is 26.0 Å². The van der Waals surface area contributed by atoms with E-state index in [9.17, 15) is 5.11 Å². The summed E-state index contributed by atoms with van der Waals surface area (Å²) < 4.78 is 7.23. The van der Waals surface area contributed by atoms with Crippen molar-refractivity contribution < 1.29 is 9.84 Å². The molecule has 5 nitrogen and oxygen atoms in total. The van der Waals surface area contributed by atoms with Gasteiger partial charge >= 0.3 is 0 Å². The van der Waals surface area contributed by atoms with E-state index in [4.69, 9.17) is 16.3 Å². The van der Waals surface area contributed by atoms with E-state index >= 15 is 0 Å². The molecule has 0 amide bonds. The van der Waals surface area contributed by atoms with Gasteiger partial charge in [-0.05, 0) is 31.2 Å². The monoisotopic (exact) mass is 281 g/mol. The molecule has 0 saturated carbocycles. The van der Waals surface area contributed by atoms with Gasteiger partial charge in [-0.1, -0.05) is 11.6 Å². The molecular formula is C13H16ClN3O2. The molecule has 1 aromatic heterocycles. The standard InChI is InChI=1S/C13H16ClN3O2/c1-2-17-13(15-9-16-17)7-11(18)8-19-12-5-3-10(14)4-6-12/h3-6,9,11,18H,2,7-8H2,1H3. The molecule has 1 N–H and O–H groups in total. The zero-order valence-electron chi connectivity index (χ0n) is 10.7. The number of aliphatic hydroxyl groups is 1. The highest BCUT2D eigenvalue weighted by molar-refractivity contribution is 6.30. The molecule has 1 aromatic carbocycles. The second kappa shape index (κ2) is 6.54. The second-order valence-corrected chi connectivity index (χ2v) is 4.55. The van der Waals surface area contributed by atoms with Crippen LogP contribution in [0.4, 0.5) is 0 Å². The molecule has 2 aromatic rings. The number of ether oxygens (including phenoxy) is 1. The lowest BCUT2D eigenvalue weighted by atomic mass is 10.2. The fourth-order valence-corrected chi connectivity index (χ4v) is 1.83. The van der Waals surface area contributed by atoms with Crippen molar-refractivity contribution in [2.24, 2.45) is 0 Å². The van der Waals surface area contributed by atoms with E-state index in [1.807, 2.05) is 6.92 Å². The zero-order chi connectivity index (χ0) is 13.7. The number of aryl methyl sites for hydroxylation is 1. The minimum absolute atomic E-state index is 0.207.